The van der Waals surface area contributed by atoms with Crippen molar-refractivity contribution in [2.24, 2.45) is 0 Å². The van der Waals surface area contributed by atoms with Crippen LogP contribution in [-0.2, 0) is 10.8 Å². The number of rotatable bonds is 9. The van der Waals surface area contributed by atoms with Gasteiger partial charge >= 0.3 is 0 Å². The molecule has 86 heavy (non-hydrogen) atoms. The minimum absolute atomic E-state index is 0.129. The molecule has 16 rings (SSSR count). The highest BCUT2D eigenvalue weighted by atomic mass is 15.2. The number of aryl methyl sites for hydroxylation is 2. The summed E-state index contributed by atoms with van der Waals surface area (Å²) in [7, 11) is 0. The fraction of sp³-hybridized carbons (Fsp3) is 0.0952. The quantitative estimate of drug-likeness (QED) is 0.133. The third kappa shape index (κ3) is 7.93. The van der Waals surface area contributed by atoms with Crippen LogP contribution < -0.4 is 9.80 Å². The smallest absolute Gasteiger partial charge is 0.0546 e. The lowest BCUT2D eigenvalue weighted by molar-refractivity contribution is 0.660. The van der Waals surface area contributed by atoms with Crippen LogP contribution in [0.1, 0.15) is 61.1 Å². The second-order valence-electron chi connectivity index (χ2n) is 24.9. The first-order valence-corrected chi connectivity index (χ1v) is 30.3. The summed E-state index contributed by atoms with van der Waals surface area (Å²) in [5.74, 6) is 0. The Hall–Kier alpha value is -10.3. The Balaban J connectivity index is 0.845. The molecule has 0 fully saturated rings. The lowest BCUT2D eigenvalue weighted by Gasteiger charge is -2.32. The minimum atomic E-state index is -0.129. The second kappa shape index (κ2) is 19.7. The van der Waals surface area contributed by atoms with E-state index in [1.54, 1.807) is 0 Å². The van der Waals surface area contributed by atoms with Crippen molar-refractivity contribution in [1.29, 1.82) is 0 Å². The van der Waals surface area contributed by atoms with Crippen LogP contribution in [0.25, 0.3) is 98.7 Å². The van der Waals surface area contributed by atoms with Crippen molar-refractivity contribution in [3.63, 3.8) is 0 Å². The molecule has 14 aromatic rings. The van der Waals surface area contributed by atoms with Gasteiger partial charge in [-0.15, -0.1) is 0 Å². The maximum Gasteiger partial charge on any atom is 0.0546 e. The molecule has 2 aliphatic carbocycles. The van der Waals surface area contributed by atoms with Crippen molar-refractivity contribution in [3.8, 4) is 55.6 Å². The van der Waals surface area contributed by atoms with E-state index < -0.39 is 0 Å². The number of para-hydroxylation sites is 2. The molecule has 2 heteroatoms. The lowest BCUT2D eigenvalue weighted by Crippen LogP contribution is -2.15. The van der Waals surface area contributed by atoms with Gasteiger partial charge in [0.1, 0.15) is 0 Å². The summed E-state index contributed by atoms with van der Waals surface area (Å²) >= 11 is 0. The molecule has 410 valence electrons. The van der Waals surface area contributed by atoms with E-state index >= 15 is 0 Å². The second-order valence-corrected chi connectivity index (χ2v) is 24.9. The van der Waals surface area contributed by atoms with Gasteiger partial charge < -0.3 is 9.80 Å². The van der Waals surface area contributed by atoms with Crippen molar-refractivity contribution in [2.45, 2.75) is 52.4 Å². The maximum atomic E-state index is 2.54. The first kappa shape index (κ1) is 51.4. The summed E-state index contributed by atoms with van der Waals surface area (Å²) in [5.41, 5.74) is 26.9. The highest BCUT2D eigenvalue weighted by molar-refractivity contribution is 6.17. The van der Waals surface area contributed by atoms with Gasteiger partial charge in [0.25, 0.3) is 0 Å². The van der Waals surface area contributed by atoms with Crippen LogP contribution in [0.4, 0.5) is 34.1 Å². The van der Waals surface area contributed by atoms with Crippen LogP contribution in [-0.4, -0.2) is 0 Å². The number of anilines is 6. The van der Waals surface area contributed by atoms with Gasteiger partial charge in [0.2, 0.25) is 0 Å². The Labute approximate surface area is 504 Å². The van der Waals surface area contributed by atoms with Gasteiger partial charge in [0.15, 0.2) is 0 Å². The first-order chi connectivity index (χ1) is 42.0. The standard InChI is InChI=1S/C84H64N2/c1-53-47-55(41-45-77(53)85(81-51-57-23-7-9-25-61(57)65-29-11-13-33-71(65)81)79-37-21-17-27-63(79)59-39-43-69-67-31-15-19-35-73(67)83(3,4)75(69)49-59)56-42-46-78(54(2)48-56)86(82-52-58-24-8-10-26-62(58)66-30-12-14-34-72(66)82)80-38-22-18-28-64(80)60-40-44-70-68-32-16-20-36-74(68)84(5,6)76(70)50-60/h7-52H,1-6H3. The van der Waals surface area contributed by atoms with Gasteiger partial charge in [-0.3, -0.25) is 0 Å². The molecule has 2 nitrogen and oxygen atoms in total. The summed E-state index contributed by atoms with van der Waals surface area (Å²) < 4.78 is 0. The summed E-state index contributed by atoms with van der Waals surface area (Å²) in [6.07, 6.45) is 0. The molecule has 0 radical (unpaired) electrons. The van der Waals surface area contributed by atoms with Crippen molar-refractivity contribution >= 4 is 77.2 Å². The van der Waals surface area contributed by atoms with E-state index in [1.165, 1.54) is 132 Å². The number of hydrogen-bond acceptors (Lipinski definition) is 2. The average Bonchev–Trinajstić information content (AvgIpc) is 1.57. The normalized spacial score (nSPS) is 13.4. The highest BCUT2D eigenvalue weighted by Gasteiger charge is 2.37. The van der Waals surface area contributed by atoms with E-state index in [0.717, 1.165) is 34.1 Å². The van der Waals surface area contributed by atoms with Crippen LogP contribution in [0.2, 0.25) is 0 Å². The largest absolute Gasteiger partial charge is 0.309 e. The molecule has 0 saturated carbocycles. The lowest BCUT2D eigenvalue weighted by atomic mass is 9.81. The Bertz CT molecular complexity index is 4790. The zero-order valence-electron chi connectivity index (χ0n) is 49.5. The number of nitrogens with zero attached hydrogens (tertiary/aromatic N) is 2. The van der Waals surface area contributed by atoms with Gasteiger partial charge in [-0.05, 0) is 185 Å². The molecule has 0 aliphatic heterocycles. The van der Waals surface area contributed by atoms with Crippen LogP contribution >= 0.6 is 0 Å². The third-order valence-electron chi connectivity index (χ3n) is 19.3. The zero-order valence-corrected chi connectivity index (χ0v) is 49.5. The predicted molar refractivity (Wildman–Crippen MR) is 367 cm³/mol. The molecule has 14 aromatic carbocycles. The van der Waals surface area contributed by atoms with Gasteiger partial charge in [-0.1, -0.05) is 246 Å². The molecule has 0 bridgehead atoms. The van der Waals surface area contributed by atoms with E-state index in [0.29, 0.717) is 0 Å². The minimum Gasteiger partial charge on any atom is -0.309 e. The molecule has 0 N–H and O–H groups in total. The Morgan fingerprint density at radius 3 is 0.965 bits per heavy atom. The SMILES string of the molecule is Cc1cc(-c2ccc(N(c3ccccc3-c3ccc4c(c3)C(C)(C)c3ccccc3-4)c3cc4ccccc4c4ccccc34)c(C)c2)ccc1N(c1ccccc1-c1ccc2c(c1)C(C)(C)c1ccccc1-2)c1cc2ccccc2c2ccccc12. The third-order valence-corrected chi connectivity index (χ3v) is 19.3. The van der Waals surface area contributed by atoms with E-state index in [9.17, 15) is 0 Å². The van der Waals surface area contributed by atoms with E-state index in [-0.39, 0.29) is 10.8 Å². The van der Waals surface area contributed by atoms with Crippen LogP contribution in [0, 0.1) is 13.8 Å². The van der Waals surface area contributed by atoms with E-state index in [4.69, 9.17) is 0 Å². The fourth-order valence-electron chi connectivity index (χ4n) is 15.0. The van der Waals surface area contributed by atoms with Gasteiger partial charge in [0.05, 0.1) is 22.7 Å². The Morgan fingerprint density at radius 2 is 0.547 bits per heavy atom. The molecule has 0 amide bonds. The molecule has 0 atom stereocenters. The maximum absolute atomic E-state index is 2.54. The van der Waals surface area contributed by atoms with Crippen molar-refractivity contribution in [2.75, 3.05) is 9.80 Å². The molecule has 0 aromatic heterocycles. The topological polar surface area (TPSA) is 6.48 Å². The fourth-order valence-corrected chi connectivity index (χ4v) is 15.0. The molecule has 0 spiro atoms. The van der Waals surface area contributed by atoms with E-state index in [2.05, 4.69) is 330 Å². The van der Waals surface area contributed by atoms with Crippen molar-refractivity contribution in [3.05, 3.63) is 312 Å². The summed E-state index contributed by atoms with van der Waals surface area (Å²) in [6.45, 7) is 14.1. The predicted octanol–water partition coefficient (Wildman–Crippen LogP) is 23.5. The van der Waals surface area contributed by atoms with Crippen molar-refractivity contribution in [1.82, 2.24) is 0 Å². The monoisotopic (exact) mass is 1100 g/mol. The van der Waals surface area contributed by atoms with Crippen LogP contribution in [0.5, 0.6) is 0 Å². The molecule has 0 unspecified atom stereocenters. The number of benzene rings is 14. The Kier molecular flexibility index (Phi) is 11.7. The Morgan fingerprint density at radius 1 is 0.221 bits per heavy atom. The van der Waals surface area contributed by atoms with Crippen LogP contribution in [0.3, 0.4) is 0 Å². The summed E-state index contributed by atoms with van der Waals surface area (Å²) in [4.78, 5) is 5.07. The van der Waals surface area contributed by atoms with Gasteiger partial charge in [-0.2, -0.15) is 0 Å². The number of fused-ring (bicyclic) bond motifs is 12. The van der Waals surface area contributed by atoms with E-state index in [1.807, 2.05) is 0 Å². The molecule has 2 aliphatic rings. The molecule has 0 heterocycles. The van der Waals surface area contributed by atoms with Gasteiger partial charge in [-0.25, -0.2) is 0 Å². The van der Waals surface area contributed by atoms with Gasteiger partial charge in [0, 0.05) is 44.1 Å². The molecular weight excluding hydrogens is 1040 g/mol. The number of hydrogen-bond donors (Lipinski definition) is 0. The van der Waals surface area contributed by atoms with Crippen LogP contribution in [0.15, 0.2) is 279 Å². The van der Waals surface area contributed by atoms with Crippen molar-refractivity contribution < 1.29 is 0 Å². The first-order valence-electron chi connectivity index (χ1n) is 30.3. The average molecular weight is 1100 g/mol. The summed E-state index contributed by atoms with van der Waals surface area (Å²) in [6, 6.07) is 105. The summed E-state index contributed by atoms with van der Waals surface area (Å²) in [5, 5.41) is 9.80. The highest BCUT2D eigenvalue weighted by Crippen LogP contribution is 2.54. The molecular formula is C84H64N2. The zero-order chi connectivity index (χ0) is 58.0. The molecule has 0 saturated heterocycles.